The molecular weight excluding hydrogens is 194 g/mol. The Bertz CT molecular complexity index is 247. The van der Waals surface area contributed by atoms with E-state index in [9.17, 15) is 4.79 Å². The fourth-order valence-corrected chi connectivity index (χ4v) is 2.12. The Morgan fingerprint density at radius 2 is 2.40 bits per heavy atom. The Kier molecular flexibility index (Phi) is 3.23. The first-order valence-corrected chi connectivity index (χ1v) is 5.50. The second kappa shape index (κ2) is 4.47. The number of carbonyl (C=O) groups is 1. The van der Waals surface area contributed by atoms with Crippen LogP contribution in [0.1, 0.15) is 6.92 Å². The van der Waals surface area contributed by atoms with Gasteiger partial charge >= 0.3 is 0 Å². The SMILES string of the molecule is CC1NCC(=O)N1CC1CN(C)CCO1. The lowest BCUT2D eigenvalue weighted by Gasteiger charge is -2.33. The van der Waals surface area contributed by atoms with E-state index in [1.807, 2.05) is 11.8 Å². The van der Waals surface area contributed by atoms with Crippen molar-refractivity contribution in [1.82, 2.24) is 15.1 Å². The fourth-order valence-electron chi connectivity index (χ4n) is 2.12. The molecule has 0 saturated carbocycles. The van der Waals surface area contributed by atoms with Crippen LogP contribution >= 0.6 is 0 Å². The molecule has 5 heteroatoms. The monoisotopic (exact) mass is 213 g/mol. The van der Waals surface area contributed by atoms with Crippen molar-refractivity contribution < 1.29 is 9.53 Å². The van der Waals surface area contributed by atoms with E-state index in [0.29, 0.717) is 13.1 Å². The molecule has 0 radical (unpaired) electrons. The molecule has 5 nitrogen and oxygen atoms in total. The maximum atomic E-state index is 11.5. The maximum absolute atomic E-state index is 11.5. The molecule has 2 aliphatic heterocycles. The summed E-state index contributed by atoms with van der Waals surface area (Å²) in [6, 6.07) is 0. The van der Waals surface area contributed by atoms with Crippen LogP contribution in [0.15, 0.2) is 0 Å². The highest BCUT2D eigenvalue weighted by Crippen LogP contribution is 2.10. The molecule has 2 saturated heterocycles. The lowest BCUT2D eigenvalue weighted by molar-refractivity contribution is -0.131. The fraction of sp³-hybridized carbons (Fsp3) is 0.900. The smallest absolute Gasteiger partial charge is 0.237 e. The summed E-state index contributed by atoms with van der Waals surface area (Å²) in [6.07, 6.45) is 0.309. The summed E-state index contributed by atoms with van der Waals surface area (Å²) in [4.78, 5) is 15.6. The summed E-state index contributed by atoms with van der Waals surface area (Å²) in [5.74, 6) is 0.180. The van der Waals surface area contributed by atoms with E-state index in [2.05, 4.69) is 17.3 Å². The zero-order valence-corrected chi connectivity index (χ0v) is 9.40. The predicted octanol–water partition coefficient (Wildman–Crippen LogP) is -0.905. The zero-order chi connectivity index (χ0) is 10.8. The van der Waals surface area contributed by atoms with E-state index in [4.69, 9.17) is 4.74 Å². The molecule has 15 heavy (non-hydrogen) atoms. The molecule has 2 atom stereocenters. The second-order valence-electron chi connectivity index (χ2n) is 4.36. The minimum Gasteiger partial charge on any atom is -0.374 e. The van der Waals surface area contributed by atoms with Crippen LogP contribution in [0.25, 0.3) is 0 Å². The van der Waals surface area contributed by atoms with Crippen molar-refractivity contribution >= 4 is 5.91 Å². The third-order valence-electron chi connectivity index (χ3n) is 3.08. The first-order chi connectivity index (χ1) is 7.16. The molecule has 2 rings (SSSR count). The molecule has 1 amide bonds. The van der Waals surface area contributed by atoms with Gasteiger partial charge < -0.3 is 14.5 Å². The van der Waals surface area contributed by atoms with Crippen molar-refractivity contribution in [3.8, 4) is 0 Å². The van der Waals surface area contributed by atoms with E-state index >= 15 is 0 Å². The van der Waals surface area contributed by atoms with Gasteiger partial charge in [0.2, 0.25) is 5.91 Å². The molecule has 0 aromatic rings. The average molecular weight is 213 g/mol. The molecule has 0 aromatic heterocycles. The quantitative estimate of drug-likeness (QED) is 0.645. The normalized spacial score (nSPS) is 33.7. The number of ether oxygens (including phenoxy) is 1. The van der Waals surface area contributed by atoms with E-state index in [1.54, 1.807) is 0 Å². The van der Waals surface area contributed by atoms with E-state index in [-0.39, 0.29) is 18.2 Å². The van der Waals surface area contributed by atoms with Gasteiger partial charge in [0.05, 0.1) is 25.4 Å². The average Bonchev–Trinajstić information content (AvgIpc) is 2.50. The number of rotatable bonds is 2. The molecule has 0 spiro atoms. The Labute approximate surface area is 90.4 Å². The van der Waals surface area contributed by atoms with Gasteiger partial charge in [0.15, 0.2) is 0 Å². The van der Waals surface area contributed by atoms with Crippen molar-refractivity contribution in [3.05, 3.63) is 0 Å². The Morgan fingerprint density at radius 3 is 3.00 bits per heavy atom. The summed E-state index contributed by atoms with van der Waals surface area (Å²) in [6.45, 7) is 5.85. The molecule has 2 fully saturated rings. The van der Waals surface area contributed by atoms with Crippen molar-refractivity contribution in [2.24, 2.45) is 0 Å². The first-order valence-electron chi connectivity index (χ1n) is 5.50. The summed E-state index contributed by atoms with van der Waals surface area (Å²) in [5, 5.41) is 3.13. The molecule has 2 aliphatic rings. The number of morpholine rings is 1. The number of hydrogen-bond acceptors (Lipinski definition) is 4. The van der Waals surface area contributed by atoms with Gasteiger partial charge in [-0.3, -0.25) is 10.1 Å². The molecule has 0 aromatic carbocycles. The van der Waals surface area contributed by atoms with Crippen LogP contribution in [0, 0.1) is 0 Å². The number of likely N-dealkylation sites (N-methyl/N-ethyl adjacent to an activating group) is 1. The lowest BCUT2D eigenvalue weighted by Crippen LogP contribution is -2.48. The van der Waals surface area contributed by atoms with Crippen LogP contribution in [0.3, 0.4) is 0 Å². The summed E-state index contributed by atoms with van der Waals surface area (Å²) in [5.41, 5.74) is 0. The van der Waals surface area contributed by atoms with E-state index in [1.165, 1.54) is 0 Å². The molecule has 1 N–H and O–H groups in total. The van der Waals surface area contributed by atoms with Gasteiger partial charge in [0.1, 0.15) is 0 Å². The number of nitrogens with one attached hydrogen (secondary N) is 1. The van der Waals surface area contributed by atoms with Crippen LogP contribution in [-0.4, -0.2) is 67.8 Å². The third-order valence-corrected chi connectivity index (χ3v) is 3.08. The van der Waals surface area contributed by atoms with Gasteiger partial charge in [0.25, 0.3) is 0 Å². The number of hydrogen-bond donors (Lipinski definition) is 1. The molecule has 0 bridgehead atoms. The van der Waals surface area contributed by atoms with Crippen molar-refractivity contribution in [2.75, 3.05) is 39.8 Å². The number of amides is 1. The Hall–Kier alpha value is -0.650. The van der Waals surface area contributed by atoms with Gasteiger partial charge in [0, 0.05) is 19.6 Å². The second-order valence-corrected chi connectivity index (χ2v) is 4.36. The summed E-state index contributed by atoms with van der Waals surface area (Å²) in [7, 11) is 2.09. The topological polar surface area (TPSA) is 44.8 Å². The minimum absolute atomic E-state index is 0.147. The lowest BCUT2D eigenvalue weighted by atomic mass is 10.2. The van der Waals surface area contributed by atoms with Crippen LogP contribution in [0.5, 0.6) is 0 Å². The molecular formula is C10H19N3O2. The van der Waals surface area contributed by atoms with Gasteiger partial charge in [-0.25, -0.2) is 0 Å². The van der Waals surface area contributed by atoms with Crippen LogP contribution in [-0.2, 0) is 9.53 Å². The van der Waals surface area contributed by atoms with Gasteiger partial charge in [-0.1, -0.05) is 0 Å². The molecule has 86 valence electrons. The van der Waals surface area contributed by atoms with Crippen LogP contribution < -0.4 is 5.32 Å². The Morgan fingerprint density at radius 1 is 1.60 bits per heavy atom. The largest absolute Gasteiger partial charge is 0.374 e. The summed E-state index contributed by atoms with van der Waals surface area (Å²) < 4.78 is 5.64. The maximum Gasteiger partial charge on any atom is 0.237 e. The van der Waals surface area contributed by atoms with Gasteiger partial charge in [-0.05, 0) is 14.0 Å². The van der Waals surface area contributed by atoms with Gasteiger partial charge in [-0.15, -0.1) is 0 Å². The predicted molar refractivity (Wildman–Crippen MR) is 56.4 cm³/mol. The number of carbonyl (C=O) groups excluding carboxylic acids is 1. The highest BCUT2D eigenvalue weighted by molar-refractivity contribution is 5.80. The van der Waals surface area contributed by atoms with Crippen LogP contribution in [0.4, 0.5) is 0 Å². The molecule has 0 aliphatic carbocycles. The molecule has 2 unspecified atom stereocenters. The Balaban J connectivity index is 1.87. The third kappa shape index (κ3) is 2.48. The number of nitrogens with zero attached hydrogens (tertiary/aromatic N) is 2. The van der Waals surface area contributed by atoms with E-state index in [0.717, 1.165) is 19.7 Å². The zero-order valence-electron chi connectivity index (χ0n) is 9.40. The van der Waals surface area contributed by atoms with Crippen molar-refractivity contribution in [1.29, 1.82) is 0 Å². The first kappa shape index (κ1) is 10.9. The highest BCUT2D eigenvalue weighted by Gasteiger charge is 2.30. The van der Waals surface area contributed by atoms with E-state index < -0.39 is 0 Å². The van der Waals surface area contributed by atoms with Crippen LogP contribution in [0.2, 0.25) is 0 Å². The summed E-state index contributed by atoms with van der Waals surface area (Å²) >= 11 is 0. The highest BCUT2D eigenvalue weighted by atomic mass is 16.5. The van der Waals surface area contributed by atoms with Crippen molar-refractivity contribution in [2.45, 2.75) is 19.2 Å². The standard InChI is InChI=1S/C10H19N3O2/c1-8-11-5-10(14)13(8)7-9-6-12(2)3-4-15-9/h8-9,11H,3-7H2,1-2H3. The minimum atomic E-state index is 0.147. The van der Waals surface area contributed by atoms with Gasteiger partial charge in [-0.2, -0.15) is 0 Å². The van der Waals surface area contributed by atoms with Crippen molar-refractivity contribution in [3.63, 3.8) is 0 Å². The molecule has 2 heterocycles.